The lowest BCUT2D eigenvalue weighted by atomic mass is 10.1. The van der Waals surface area contributed by atoms with Gasteiger partial charge in [-0.3, -0.25) is 10.1 Å². The van der Waals surface area contributed by atoms with Gasteiger partial charge in [-0.25, -0.2) is 4.79 Å². The van der Waals surface area contributed by atoms with Crippen molar-refractivity contribution in [1.29, 1.82) is 0 Å². The van der Waals surface area contributed by atoms with Crippen molar-refractivity contribution in [3.63, 3.8) is 0 Å². The zero-order chi connectivity index (χ0) is 13.7. The van der Waals surface area contributed by atoms with Crippen LogP contribution in [0.1, 0.15) is 35.7 Å². The van der Waals surface area contributed by atoms with Crippen LogP contribution < -0.4 is 0 Å². The van der Waals surface area contributed by atoms with Crippen molar-refractivity contribution < 1.29 is 19.6 Å². The number of esters is 1. The van der Waals surface area contributed by atoms with Crippen LogP contribution >= 0.6 is 0 Å². The van der Waals surface area contributed by atoms with E-state index in [0.717, 1.165) is 18.6 Å². The summed E-state index contributed by atoms with van der Waals surface area (Å²) in [6, 6.07) is 2.29. The van der Waals surface area contributed by atoms with Gasteiger partial charge in [0.25, 0.3) is 5.69 Å². The molecule has 0 bridgehead atoms. The SMILES string of the molecule is CCCCOC(=O)c1c(O)ccc([N+](=O)[O-])c1C. The number of phenols is 1. The average molecular weight is 253 g/mol. The van der Waals surface area contributed by atoms with Gasteiger partial charge in [-0.2, -0.15) is 0 Å². The summed E-state index contributed by atoms with van der Waals surface area (Å²) in [6.45, 7) is 3.59. The van der Waals surface area contributed by atoms with E-state index in [1.807, 2.05) is 6.92 Å². The summed E-state index contributed by atoms with van der Waals surface area (Å²) in [5.74, 6) is -1.04. The molecule has 1 rings (SSSR count). The number of phenolic OH excluding ortho intramolecular Hbond substituents is 1. The molecule has 1 N–H and O–H groups in total. The Morgan fingerprint density at radius 1 is 1.50 bits per heavy atom. The number of benzene rings is 1. The van der Waals surface area contributed by atoms with E-state index in [2.05, 4.69) is 0 Å². The minimum absolute atomic E-state index is 0.112. The smallest absolute Gasteiger partial charge is 0.342 e. The van der Waals surface area contributed by atoms with Crippen LogP contribution in [0.5, 0.6) is 5.75 Å². The molecule has 0 aliphatic rings. The lowest BCUT2D eigenvalue weighted by Gasteiger charge is -2.08. The number of nitro groups is 1. The average Bonchev–Trinajstić information content (AvgIpc) is 2.28. The number of hydrogen-bond acceptors (Lipinski definition) is 5. The molecule has 0 unspecified atom stereocenters. The summed E-state index contributed by atoms with van der Waals surface area (Å²) < 4.78 is 4.94. The molecule has 0 saturated heterocycles. The number of unbranched alkanes of at least 4 members (excludes halogenated alkanes) is 1. The fourth-order valence-corrected chi connectivity index (χ4v) is 1.52. The number of nitro benzene ring substituents is 1. The molecular weight excluding hydrogens is 238 g/mol. The Kier molecular flexibility index (Phi) is 4.65. The molecule has 0 saturated carbocycles. The van der Waals surface area contributed by atoms with Crippen LogP contribution in [0.3, 0.4) is 0 Å². The number of carbonyl (C=O) groups is 1. The molecule has 0 aliphatic heterocycles. The third-order valence-electron chi connectivity index (χ3n) is 2.55. The molecule has 0 heterocycles. The predicted octanol–water partition coefficient (Wildman–Crippen LogP) is 2.57. The minimum Gasteiger partial charge on any atom is -0.507 e. The Bertz CT molecular complexity index is 470. The van der Waals surface area contributed by atoms with Crippen LogP contribution in [0.25, 0.3) is 0 Å². The highest BCUT2D eigenvalue weighted by Crippen LogP contribution is 2.29. The molecule has 6 nitrogen and oxygen atoms in total. The highest BCUT2D eigenvalue weighted by molar-refractivity contribution is 5.95. The predicted molar refractivity (Wildman–Crippen MR) is 64.7 cm³/mol. The van der Waals surface area contributed by atoms with Crippen LogP contribution in [0.4, 0.5) is 5.69 Å². The molecule has 98 valence electrons. The minimum atomic E-state index is -0.734. The lowest BCUT2D eigenvalue weighted by molar-refractivity contribution is -0.385. The third-order valence-corrected chi connectivity index (χ3v) is 2.55. The normalized spacial score (nSPS) is 10.1. The Morgan fingerprint density at radius 3 is 2.72 bits per heavy atom. The first-order valence-electron chi connectivity index (χ1n) is 5.63. The molecule has 0 aromatic heterocycles. The van der Waals surface area contributed by atoms with Crippen molar-refractivity contribution in [3.05, 3.63) is 33.4 Å². The van der Waals surface area contributed by atoms with Crippen molar-refractivity contribution in [2.24, 2.45) is 0 Å². The maximum atomic E-state index is 11.7. The number of rotatable bonds is 5. The van der Waals surface area contributed by atoms with E-state index >= 15 is 0 Å². The summed E-state index contributed by atoms with van der Waals surface area (Å²) in [4.78, 5) is 21.9. The number of hydrogen-bond donors (Lipinski definition) is 1. The molecule has 6 heteroatoms. The highest BCUT2D eigenvalue weighted by atomic mass is 16.6. The van der Waals surface area contributed by atoms with Crippen molar-refractivity contribution in [2.45, 2.75) is 26.7 Å². The fourth-order valence-electron chi connectivity index (χ4n) is 1.52. The van der Waals surface area contributed by atoms with Crippen LogP contribution in [0.15, 0.2) is 12.1 Å². The molecule has 0 radical (unpaired) electrons. The van der Waals surface area contributed by atoms with Gasteiger partial charge in [0.05, 0.1) is 11.5 Å². The maximum absolute atomic E-state index is 11.7. The van der Waals surface area contributed by atoms with Gasteiger partial charge >= 0.3 is 5.97 Å². The van der Waals surface area contributed by atoms with E-state index < -0.39 is 10.9 Å². The van der Waals surface area contributed by atoms with E-state index in [1.165, 1.54) is 6.92 Å². The standard InChI is InChI=1S/C12H15NO5/c1-3-4-7-18-12(15)11-8(2)9(13(16)17)5-6-10(11)14/h5-6,14H,3-4,7H2,1-2H3. The van der Waals surface area contributed by atoms with E-state index in [-0.39, 0.29) is 29.2 Å². The van der Waals surface area contributed by atoms with Crippen molar-refractivity contribution in [2.75, 3.05) is 6.61 Å². The number of carbonyl (C=O) groups excluding carboxylic acids is 1. The summed E-state index contributed by atoms with van der Waals surface area (Å²) >= 11 is 0. The summed E-state index contributed by atoms with van der Waals surface area (Å²) in [5, 5.41) is 20.3. The van der Waals surface area contributed by atoms with Gasteiger partial charge in [0.15, 0.2) is 0 Å². The summed E-state index contributed by atoms with van der Waals surface area (Å²) in [6.07, 6.45) is 1.58. The van der Waals surface area contributed by atoms with Crippen LogP contribution in [0, 0.1) is 17.0 Å². The van der Waals surface area contributed by atoms with Gasteiger partial charge in [-0.1, -0.05) is 13.3 Å². The fraction of sp³-hybridized carbons (Fsp3) is 0.417. The van der Waals surface area contributed by atoms with Crippen molar-refractivity contribution in [1.82, 2.24) is 0 Å². The topological polar surface area (TPSA) is 89.7 Å². The van der Waals surface area contributed by atoms with Crippen LogP contribution in [0.2, 0.25) is 0 Å². The van der Waals surface area contributed by atoms with E-state index in [0.29, 0.717) is 6.42 Å². The highest BCUT2D eigenvalue weighted by Gasteiger charge is 2.23. The second kappa shape index (κ2) is 6.00. The second-order valence-corrected chi connectivity index (χ2v) is 3.85. The maximum Gasteiger partial charge on any atom is 0.342 e. The van der Waals surface area contributed by atoms with E-state index in [9.17, 15) is 20.0 Å². The number of aromatic hydroxyl groups is 1. The molecule has 0 spiro atoms. The molecule has 0 fully saturated rings. The molecule has 1 aromatic carbocycles. The van der Waals surface area contributed by atoms with Gasteiger partial charge in [0, 0.05) is 11.6 Å². The number of ether oxygens (including phenoxy) is 1. The Morgan fingerprint density at radius 2 is 2.17 bits per heavy atom. The monoisotopic (exact) mass is 253 g/mol. The second-order valence-electron chi connectivity index (χ2n) is 3.85. The van der Waals surface area contributed by atoms with Gasteiger partial charge in [-0.15, -0.1) is 0 Å². The summed E-state index contributed by atoms with van der Waals surface area (Å²) in [5.41, 5.74) is -0.239. The largest absolute Gasteiger partial charge is 0.507 e. The number of nitrogens with zero attached hydrogens (tertiary/aromatic N) is 1. The molecule has 18 heavy (non-hydrogen) atoms. The van der Waals surface area contributed by atoms with E-state index in [1.54, 1.807) is 0 Å². The molecule has 0 atom stereocenters. The third kappa shape index (κ3) is 2.97. The zero-order valence-corrected chi connectivity index (χ0v) is 10.3. The quantitative estimate of drug-likeness (QED) is 0.377. The Hall–Kier alpha value is -2.11. The van der Waals surface area contributed by atoms with Crippen LogP contribution in [-0.2, 0) is 4.74 Å². The first-order chi connectivity index (χ1) is 8.49. The first-order valence-corrected chi connectivity index (χ1v) is 5.63. The summed E-state index contributed by atoms with van der Waals surface area (Å²) in [7, 11) is 0. The van der Waals surface area contributed by atoms with Gasteiger partial charge in [0.1, 0.15) is 11.3 Å². The molecular formula is C12H15NO5. The van der Waals surface area contributed by atoms with Crippen LogP contribution in [-0.4, -0.2) is 22.6 Å². The van der Waals surface area contributed by atoms with Gasteiger partial charge in [0.2, 0.25) is 0 Å². The van der Waals surface area contributed by atoms with Gasteiger partial charge < -0.3 is 9.84 Å². The van der Waals surface area contributed by atoms with Crippen molar-refractivity contribution >= 4 is 11.7 Å². The molecule has 0 aliphatic carbocycles. The first kappa shape index (κ1) is 14.0. The Balaban J connectivity index is 3.03. The van der Waals surface area contributed by atoms with Gasteiger partial charge in [-0.05, 0) is 19.4 Å². The lowest BCUT2D eigenvalue weighted by Crippen LogP contribution is -2.09. The van der Waals surface area contributed by atoms with E-state index in [4.69, 9.17) is 4.74 Å². The Labute approximate surface area is 104 Å². The molecule has 0 amide bonds. The molecule has 1 aromatic rings. The van der Waals surface area contributed by atoms with Crippen molar-refractivity contribution in [3.8, 4) is 5.75 Å². The zero-order valence-electron chi connectivity index (χ0n) is 10.3.